The second kappa shape index (κ2) is 7.75. The summed E-state index contributed by atoms with van der Waals surface area (Å²) in [5.41, 5.74) is 3.58. The van der Waals surface area contributed by atoms with E-state index in [1.807, 2.05) is 13.0 Å². The van der Waals surface area contributed by atoms with Gasteiger partial charge >= 0.3 is 0 Å². The number of nitrogens with zero attached hydrogens (tertiary/aromatic N) is 2. The van der Waals surface area contributed by atoms with Gasteiger partial charge in [0.1, 0.15) is 5.82 Å². The van der Waals surface area contributed by atoms with Gasteiger partial charge < -0.3 is 10.1 Å². The van der Waals surface area contributed by atoms with Gasteiger partial charge in [-0.3, -0.25) is 0 Å². The maximum absolute atomic E-state index is 6.16. The molecule has 1 aliphatic rings. The molecule has 0 fully saturated rings. The molecule has 0 saturated heterocycles. The molecule has 0 spiro atoms. The first kappa shape index (κ1) is 16.2. The van der Waals surface area contributed by atoms with Crippen LogP contribution < -0.4 is 5.32 Å². The van der Waals surface area contributed by atoms with Crippen molar-refractivity contribution in [3.05, 3.63) is 52.4 Å². The van der Waals surface area contributed by atoms with Gasteiger partial charge in [0.15, 0.2) is 0 Å². The van der Waals surface area contributed by atoms with Crippen LogP contribution in [0.5, 0.6) is 0 Å². The number of fused-ring (bicyclic) bond motifs is 1. The van der Waals surface area contributed by atoms with Crippen molar-refractivity contribution in [3.63, 3.8) is 0 Å². The normalized spacial score (nSPS) is 16.3. The van der Waals surface area contributed by atoms with Crippen LogP contribution in [-0.2, 0) is 11.2 Å². The molecule has 0 aliphatic heterocycles. The molecular formula is C18H22ClN3O. The summed E-state index contributed by atoms with van der Waals surface area (Å²) in [7, 11) is 0. The molecule has 0 radical (unpaired) electrons. The molecule has 5 heteroatoms. The molecule has 1 aromatic carbocycles. The van der Waals surface area contributed by atoms with Crippen LogP contribution in [-0.4, -0.2) is 29.7 Å². The smallest absolute Gasteiger partial charge is 0.224 e. The number of hydrogen-bond donors (Lipinski definition) is 1. The molecule has 3 rings (SSSR count). The van der Waals surface area contributed by atoms with Crippen LogP contribution in [0.3, 0.4) is 0 Å². The summed E-state index contributed by atoms with van der Waals surface area (Å²) in [5.74, 6) is 1.20. The van der Waals surface area contributed by atoms with E-state index in [0.29, 0.717) is 11.2 Å². The lowest BCUT2D eigenvalue weighted by atomic mass is 9.97. The third-order valence-corrected chi connectivity index (χ3v) is 4.36. The van der Waals surface area contributed by atoms with Crippen molar-refractivity contribution in [2.24, 2.45) is 0 Å². The number of aromatic nitrogens is 2. The van der Waals surface area contributed by atoms with Gasteiger partial charge in [0.2, 0.25) is 5.28 Å². The zero-order valence-corrected chi connectivity index (χ0v) is 14.1. The Morgan fingerprint density at radius 3 is 2.87 bits per heavy atom. The predicted octanol–water partition coefficient (Wildman–Crippen LogP) is 4.05. The van der Waals surface area contributed by atoms with Gasteiger partial charge in [-0.05, 0) is 43.4 Å². The van der Waals surface area contributed by atoms with E-state index in [9.17, 15) is 0 Å². The maximum Gasteiger partial charge on any atom is 0.224 e. The van der Waals surface area contributed by atoms with Gasteiger partial charge in [0.05, 0.1) is 5.69 Å². The summed E-state index contributed by atoms with van der Waals surface area (Å²) in [6, 6.07) is 10.5. The summed E-state index contributed by atoms with van der Waals surface area (Å²) in [5, 5.41) is 3.72. The number of benzene rings is 1. The Balaban J connectivity index is 1.77. The second-order valence-corrected chi connectivity index (χ2v) is 6.02. The number of ether oxygens (including phenoxy) is 1. The topological polar surface area (TPSA) is 47.0 Å². The first-order valence-corrected chi connectivity index (χ1v) is 8.60. The van der Waals surface area contributed by atoms with Gasteiger partial charge in [-0.2, -0.15) is 0 Å². The minimum absolute atomic E-state index is 0.315. The highest BCUT2D eigenvalue weighted by atomic mass is 35.5. The van der Waals surface area contributed by atoms with E-state index in [-0.39, 0.29) is 0 Å². The highest BCUT2D eigenvalue weighted by molar-refractivity contribution is 6.28. The van der Waals surface area contributed by atoms with Crippen LogP contribution in [0.15, 0.2) is 30.3 Å². The lowest BCUT2D eigenvalue weighted by Crippen LogP contribution is -2.10. The molecule has 4 nitrogen and oxygen atoms in total. The van der Waals surface area contributed by atoms with Crippen LogP contribution in [0.2, 0.25) is 5.28 Å². The molecule has 1 N–H and O–H groups in total. The third-order valence-electron chi connectivity index (χ3n) is 4.19. The summed E-state index contributed by atoms with van der Waals surface area (Å²) >= 11 is 6.16. The van der Waals surface area contributed by atoms with Crippen LogP contribution in [0.4, 0.5) is 5.82 Å². The van der Waals surface area contributed by atoms with Gasteiger partial charge in [-0.1, -0.05) is 30.3 Å². The predicted molar refractivity (Wildman–Crippen MR) is 93.2 cm³/mol. The summed E-state index contributed by atoms with van der Waals surface area (Å²) in [4.78, 5) is 8.91. The molecule has 2 aromatic rings. The zero-order chi connectivity index (χ0) is 16.1. The zero-order valence-electron chi connectivity index (χ0n) is 13.4. The lowest BCUT2D eigenvalue weighted by molar-refractivity contribution is 0.147. The third kappa shape index (κ3) is 3.82. The Hall–Kier alpha value is -1.65. The average molecular weight is 332 g/mol. The van der Waals surface area contributed by atoms with E-state index in [2.05, 4.69) is 39.6 Å². The van der Waals surface area contributed by atoms with Crippen molar-refractivity contribution in [1.82, 2.24) is 9.97 Å². The van der Waals surface area contributed by atoms with Crippen molar-refractivity contribution in [1.29, 1.82) is 0 Å². The van der Waals surface area contributed by atoms with Crippen molar-refractivity contribution in [2.75, 3.05) is 25.1 Å². The number of hydrogen-bond acceptors (Lipinski definition) is 4. The molecule has 1 unspecified atom stereocenters. The fraction of sp³-hybridized carbons (Fsp3) is 0.444. The van der Waals surface area contributed by atoms with Crippen molar-refractivity contribution >= 4 is 17.4 Å². The molecule has 0 saturated carbocycles. The van der Waals surface area contributed by atoms with E-state index in [1.54, 1.807) is 0 Å². The van der Waals surface area contributed by atoms with Crippen molar-refractivity contribution in [2.45, 2.75) is 32.1 Å². The van der Waals surface area contributed by atoms with Crippen LogP contribution in [0, 0.1) is 0 Å². The summed E-state index contributed by atoms with van der Waals surface area (Å²) in [6.45, 7) is 4.36. The standard InChI is InChI=1S/C18H22ClN3O/c1-2-23-12-6-11-20-17-15-10-9-14(13-7-4-3-5-8-13)16(15)21-18(19)22-17/h3-5,7-8,14H,2,6,9-12H2,1H3,(H,20,21,22). The number of rotatable bonds is 7. The van der Waals surface area contributed by atoms with Gasteiger partial charge in [-0.25, -0.2) is 9.97 Å². The maximum atomic E-state index is 6.16. The lowest BCUT2D eigenvalue weighted by Gasteiger charge is -2.13. The summed E-state index contributed by atoms with van der Waals surface area (Å²) in [6.07, 6.45) is 2.99. The fourth-order valence-corrected chi connectivity index (χ4v) is 3.29. The highest BCUT2D eigenvalue weighted by Crippen LogP contribution is 2.39. The largest absolute Gasteiger partial charge is 0.382 e. The van der Waals surface area contributed by atoms with E-state index in [1.165, 1.54) is 11.1 Å². The molecule has 122 valence electrons. The molecule has 0 amide bonds. The number of anilines is 1. The molecule has 23 heavy (non-hydrogen) atoms. The Morgan fingerprint density at radius 2 is 2.09 bits per heavy atom. The monoisotopic (exact) mass is 331 g/mol. The second-order valence-electron chi connectivity index (χ2n) is 5.68. The van der Waals surface area contributed by atoms with E-state index in [0.717, 1.165) is 50.5 Å². The quantitative estimate of drug-likeness (QED) is 0.614. The molecular weight excluding hydrogens is 310 g/mol. The molecule has 1 atom stereocenters. The van der Waals surface area contributed by atoms with E-state index >= 15 is 0 Å². The first-order chi connectivity index (χ1) is 11.3. The highest BCUT2D eigenvalue weighted by Gasteiger charge is 2.29. The minimum Gasteiger partial charge on any atom is -0.382 e. The van der Waals surface area contributed by atoms with Crippen LogP contribution >= 0.6 is 11.6 Å². The number of halogens is 1. The van der Waals surface area contributed by atoms with E-state index in [4.69, 9.17) is 16.3 Å². The number of nitrogens with one attached hydrogen (secondary N) is 1. The minimum atomic E-state index is 0.315. The van der Waals surface area contributed by atoms with Crippen molar-refractivity contribution < 1.29 is 4.74 Å². The van der Waals surface area contributed by atoms with Gasteiger partial charge in [0, 0.05) is 31.2 Å². The molecule has 0 bridgehead atoms. The first-order valence-electron chi connectivity index (χ1n) is 8.22. The molecule has 1 aromatic heterocycles. The van der Waals surface area contributed by atoms with Gasteiger partial charge in [0.25, 0.3) is 0 Å². The molecule has 1 heterocycles. The Kier molecular flexibility index (Phi) is 5.47. The fourth-order valence-electron chi connectivity index (χ4n) is 3.11. The van der Waals surface area contributed by atoms with E-state index < -0.39 is 0 Å². The SMILES string of the molecule is CCOCCCNc1nc(Cl)nc2c1CCC2c1ccccc1. The average Bonchev–Trinajstić information content (AvgIpc) is 2.99. The Labute approximate surface area is 142 Å². The van der Waals surface area contributed by atoms with Crippen molar-refractivity contribution in [3.8, 4) is 0 Å². The van der Waals surface area contributed by atoms with Crippen LogP contribution in [0.25, 0.3) is 0 Å². The van der Waals surface area contributed by atoms with Gasteiger partial charge in [-0.15, -0.1) is 0 Å². The molecule has 1 aliphatic carbocycles. The summed E-state index contributed by atoms with van der Waals surface area (Å²) < 4.78 is 5.36. The Bertz CT molecular complexity index is 648. The Morgan fingerprint density at radius 1 is 1.26 bits per heavy atom. The van der Waals surface area contributed by atoms with Crippen LogP contribution in [0.1, 0.15) is 42.5 Å².